The second-order valence-corrected chi connectivity index (χ2v) is 5.44. The topological polar surface area (TPSA) is 72.3 Å². The van der Waals surface area contributed by atoms with Gasteiger partial charge in [0.25, 0.3) is 0 Å². The van der Waals surface area contributed by atoms with Crippen LogP contribution in [0.15, 0.2) is 36.7 Å². The van der Waals surface area contributed by atoms with E-state index in [4.69, 9.17) is 4.74 Å². The van der Waals surface area contributed by atoms with E-state index in [0.717, 1.165) is 27.7 Å². The molecule has 0 amide bonds. The van der Waals surface area contributed by atoms with Crippen molar-refractivity contribution in [3.8, 4) is 10.6 Å². The van der Waals surface area contributed by atoms with E-state index in [0.29, 0.717) is 10.7 Å². The van der Waals surface area contributed by atoms with E-state index >= 15 is 0 Å². The van der Waals surface area contributed by atoms with Crippen LogP contribution in [0.1, 0.15) is 15.4 Å². The summed E-state index contributed by atoms with van der Waals surface area (Å²) in [6, 6.07) is 7.82. The highest BCUT2D eigenvalue weighted by atomic mass is 32.1. The van der Waals surface area contributed by atoms with E-state index in [1.54, 1.807) is 12.4 Å². The van der Waals surface area contributed by atoms with E-state index in [1.807, 2.05) is 24.3 Å². The molecular formula is C15H12N2O3S. The first-order valence-electron chi connectivity index (χ1n) is 6.25. The summed E-state index contributed by atoms with van der Waals surface area (Å²) in [6.07, 6.45) is 3.49. The molecule has 0 saturated heterocycles. The molecule has 0 radical (unpaired) electrons. The van der Waals surface area contributed by atoms with Crippen LogP contribution in [0.5, 0.6) is 0 Å². The molecule has 0 unspecified atom stereocenters. The third-order valence-corrected chi connectivity index (χ3v) is 4.19. The minimum absolute atomic E-state index is 0.177. The number of carboxylic acid groups (broad SMARTS) is 1. The van der Waals surface area contributed by atoms with Crippen molar-refractivity contribution in [3.63, 3.8) is 0 Å². The van der Waals surface area contributed by atoms with Gasteiger partial charge in [0.2, 0.25) is 0 Å². The maximum Gasteiger partial charge on any atom is 0.347 e. The summed E-state index contributed by atoms with van der Waals surface area (Å²) in [4.78, 5) is 20.1. The van der Waals surface area contributed by atoms with E-state index in [9.17, 15) is 9.90 Å². The molecule has 2 aromatic heterocycles. The number of ether oxygens (including phenoxy) is 1. The predicted octanol–water partition coefficient (Wildman–Crippen LogP) is 3.20. The molecule has 5 nitrogen and oxygen atoms in total. The quantitative estimate of drug-likeness (QED) is 0.801. The van der Waals surface area contributed by atoms with Gasteiger partial charge in [-0.15, -0.1) is 11.3 Å². The van der Waals surface area contributed by atoms with Crippen LogP contribution in [0.2, 0.25) is 0 Å². The molecule has 3 rings (SSSR count). The Morgan fingerprint density at radius 1 is 1.33 bits per heavy atom. The zero-order valence-corrected chi connectivity index (χ0v) is 12.1. The van der Waals surface area contributed by atoms with Gasteiger partial charge in [-0.3, -0.25) is 4.98 Å². The van der Waals surface area contributed by atoms with Gasteiger partial charge in [0.05, 0.1) is 12.3 Å². The number of hydrogen-bond donors (Lipinski definition) is 1. The van der Waals surface area contributed by atoms with Crippen molar-refractivity contribution in [3.05, 3.63) is 47.2 Å². The molecule has 0 atom stereocenters. The lowest BCUT2D eigenvalue weighted by Gasteiger charge is -2.02. The largest absolute Gasteiger partial charge is 0.477 e. The third kappa shape index (κ3) is 2.51. The Morgan fingerprint density at radius 3 is 2.90 bits per heavy atom. The zero-order chi connectivity index (χ0) is 14.8. The first-order chi connectivity index (χ1) is 10.2. The number of fused-ring (bicyclic) bond motifs is 1. The van der Waals surface area contributed by atoms with Gasteiger partial charge < -0.3 is 9.84 Å². The first-order valence-corrected chi connectivity index (χ1v) is 7.07. The molecule has 0 spiro atoms. The number of carboxylic acids is 1. The molecule has 6 heteroatoms. The summed E-state index contributed by atoms with van der Waals surface area (Å²) in [6.45, 7) is 0.177. The van der Waals surface area contributed by atoms with Gasteiger partial charge in [-0.25, -0.2) is 9.78 Å². The summed E-state index contributed by atoms with van der Waals surface area (Å²) in [7, 11) is 1.52. The number of benzene rings is 1. The summed E-state index contributed by atoms with van der Waals surface area (Å²) < 4.78 is 5.02. The fraction of sp³-hybridized carbons (Fsp3) is 0.133. The molecule has 0 saturated carbocycles. The van der Waals surface area contributed by atoms with E-state index in [-0.39, 0.29) is 11.5 Å². The lowest BCUT2D eigenvalue weighted by molar-refractivity contribution is 0.0697. The number of aromatic nitrogens is 2. The number of hydrogen-bond acceptors (Lipinski definition) is 5. The van der Waals surface area contributed by atoms with Gasteiger partial charge in [-0.1, -0.05) is 24.3 Å². The number of nitrogens with zero attached hydrogens (tertiary/aromatic N) is 2. The molecule has 0 fully saturated rings. The van der Waals surface area contributed by atoms with Gasteiger partial charge in [-0.05, 0) is 5.39 Å². The fourth-order valence-electron chi connectivity index (χ4n) is 2.16. The van der Waals surface area contributed by atoms with Gasteiger partial charge in [0, 0.05) is 30.5 Å². The first kappa shape index (κ1) is 13.7. The van der Waals surface area contributed by atoms with Crippen LogP contribution in [0.25, 0.3) is 21.3 Å². The Labute approximate surface area is 124 Å². The number of thiazole rings is 1. The van der Waals surface area contributed by atoms with Crippen molar-refractivity contribution in [2.24, 2.45) is 0 Å². The van der Waals surface area contributed by atoms with Crippen molar-refractivity contribution in [1.82, 2.24) is 9.97 Å². The van der Waals surface area contributed by atoms with Crippen LogP contribution in [0, 0.1) is 0 Å². The Morgan fingerprint density at radius 2 is 2.14 bits per heavy atom. The summed E-state index contributed by atoms with van der Waals surface area (Å²) in [5.41, 5.74) is 1.28. The lowest BCUT2D eigenvalue weighted by Crippen LogP contribution is -1.99. The maximum absolute atomic E-state index is 11.3. The zero-order valence-electron chi connectivity index (χ0n) is 11.2. The number of pyridine rings is 1. The standard InChI is InChI=1S/C15H12N2O3S/c1-20-8-12-13(15(18)19)21-14(17-12)11-7-16-6-9-4-2-3-5-10(9)11/h2-7H,8H2,1H3,(H,18,19). The molecule has 0 aliphatic heterocycles. The van der Waals surface area contributed by atoms with Crippen molar-refractivity contribution in [2.75, 3.05) is 7.11 Å². The molecule has 21 heavy (non-hydrogen) atoms. The highest BCUT2D eigenvalue weighted by molar-refractivity contribution is 7.17. The van der Waals surface area contributed by atoms with Crippen molar-refractivity contribution in [1.29, 1.82) is 0 Å². The molecule has 0 aliphatic rings. The highest BCUT2D eigenvalue weighted by Gasteiger charge is 2.19. The van der Waals surface area contributed by atoms with Crippen LogP contribution in [-0.2, 0) is 11.3 Å². The van der Waals surface area contributed by atoms with Gasteiger partial charge in [-0.2, -0.15) is 0 Å². The van der Waals surface area contributed by atoms with Crippen LogP contribution < -0.4 is 0 Å². The van der Waals surface area contributed by atoms with Crippen LogP contribution in [0.4, 0.5) is 0 Å². The van der Waals surface area contributed by atoms with Gasteiger partial charge in [0.1, 0.15) is 9.88 Å². The second-order valence-electron chi connectivity index (χ2n) is 4.44. The highest BCUT2D eigenvalue weighted by Crippen LogP contribution is 2.32. The smallest absolute Gasteiger partial charge is 0.347 e. The predicted molar refractivity (Wildman–Crippen MR) is 80.5 cm³/mol. The minimum Gasteiger partial charge on any atom is -0.477 e. The number of aromatic carboxylic acids is 1. The van der Waals surface area contributed by atoms with E-state index in [1.165, 1.54) is 7.11 Å². The monoisotopic (exact) mass is 300 g/mol. The van der Waals surface area contributed by atoms with Crippen LogP contribution in [-0.4, -0.2) is 28.2 Å². The van der Waals surface area contributed by atoms with Gasteiger partial charge >= 0.3 is 5.97 Å². The Hall–Kier alpha value is -2.31. The van der Waals surface area contributed by atoms with E-state index < -0.39 is 5.97 Å². The summed E-state index contributed by atoms with van der Waals surface area (Å²) >= 11 is 1.14. The van der Waals surface area contributed by atoms with Crippen molar-refractivity contribution < 1.29 is 14.6 Å². The third-order valence-electron chi connectivity index (χ3n) is 3.07. The molecule has 0 aliphatic carbocycles. The van der Waals surface area contributed by atoms with Gasteiger partial charge in [0.15, 0.2) is 0 Å². The average Bonchev–Trinajstić information content (AvgIpc) is 2.91. The van der Waals surface area contributed by atoms with Crippen molar-refractivity contribution in [2.45, 2.75) is 6.61 Å². The Kier molecular flexibility index (Phi) is 3.64. The lowest BCUT2D eigenvalue weighted by atomic mass is 10.1. The van der Waals surface area contributed by atoms with E-state index in [2.05, 4.69) is 9.97 Å². The SMILES string of the molecule is COCc1nc(-c2cncc3ccccc23)sc1C(=O)O. The number of carbonyl (C=O) groups is 1. The normalized spacial score (nSPS) is 10.9. The minimum atomic E-state index is -0.987. The molecular weight excluding hydrogens is 288 g/mol. The van der Waals surface area contributed by atoms with Crippen molar-refractivity contribution >= 4 is 28.1 Å². The average molecular weight is 300 g/mol. The van der Waals surface area contributed by atoms with Crippen LogP contribution in [0.3, 0.4) is 0 Å². The second kappa shape index (κ2) is 5.59. The van der Waals surface area contributed by atoms with Crippen LogP contribution >= 0.6 is 11.3 Å². The molecule has 1 aromatic carbocycles. The summed E-state index contributed by atoms with van der Waals surface area (Å²) in [5, 5.41) is 11.9. The molecule has 106 valence electrons. The molecule has 2 heterocycles. The molecule has 1 N–H and O–H groups in total. The number of methoxy groups -OCH3 is 1. The summed E-state index contributed by atoms with van der Waals surface area (Å²) in [5.74, 6) is -0.987. The fourth-order valence-corrected chi connectivity index (χ4v) is 3.09. The maximum atomic E-state index is 11.3. The Balaban J connectivity index is 2.19. The molecule has 0 bridgehead atoms. The molecule has 3 aromatic rings. The number of rotatable bonds is 4. The Bertz CT molecular complexity index is 808.